The Morgan fingerprint density at radius 1 is 0.262 bits per heavy atom. The summed E-state index contributed by atoms with van der Waals surface area (Å²) in [6, 6.07) is 15.3. The first kappa shape index (κ1) is 59.0. The number of benzene rings is 4. The van der Waals surface area contributed by atoms with Crippen LogP contribution in [-0.2, 0) is 44.6 Å². The van der Waals surface area contributed by atoms with Gasteiger partial charge in [-0.15, -0.1) is 0 Å². The second kappa shape index (κ2) is 27.4. The Balaban J connectivity index is 1.43. The van der Waals surface area contributed by atoms with Gasteiger partial charge in [-0.1, -0.05) is 0 Å². The third-order valence-electron chi connectivity index (χ3n) is 12.9. The van der Waals surface area contributed by atoms with Gasteiger partial charge in [0.1, 0.15) is 49.4 Å². The summed E-state index contributed by atoms with van der Waals surface area (Å²) in [5.41, 5.74) is 57.6. The number of rotatable bonds is 24. The number of hydrogen-bond donors (Lipinski definition) is 8. The van der Waals surface area contributed by atoms with E-state index in [1.807, 2.05) is 76.2 Å². The van der Waals surface area contributed by atoms with E-state index in [-0.39, 0.29) is 149 Å². The van der Waals surface area contributed by atoms with Crippen molar-refractivity contribution < 1.29 is 37.9 Å². The van der Waals surface area contributed by atoms with Gasteiger partial charge in [-0.2, -0.15) is 59.8 Å². The standard InChI is InChI=1S/C56H68N20O8/c1-5-77-9-13-81-41-29-17-31-23-38(46-67-51(59)74-52(60)68-46)25-33(42(31)82-14-10-78-6-2)19-35-27-40(48-71-55(63)76-56(64)72-48)28-36(44(35)84-16-12-80-8-4)20-34-26-39(47-69-53(61)75-54(62)70-47)24-32(43(34)83-15-11-79-7-3)18-30(41)22-37(21-29)45-65-49(57)73-50(58)66-45/h21-28H,5-20H2,1-4H3,(H4,57,58,65,66,73)(H4,59,60,67,68,74)(H4,61,62,69,70,75)(H4,63,64,71,72,76). The van der Waals surface area contributed by atoms with Crippen molar-refractivity contribution in [3.63, 3.8) is 0 Å². The molecule has 16 N–H and O–H groups in total. The van der Waals surface area contributed by atoms with Crippen LogP contribution in [0, 0.1) is 0 Å². The fourth-order valence-electron chi connectivity index (χ4n) is 9.69. The first-order valence-electron chi connectivity index (χ1n) is 27.2. The van der Waals surface area contributed by atoms with Crippen molar-refractivity contribution in [2.45, 2.75) is 53.4 Å². The van der Waals surface area contributed by atoms with Gasteiger partial charge in [0.05, 0.1) is 26.4 Å². The van der Waals surface area contributed by atoms with Gasteiger partial charge < -0.3 is 83.8 Å². The van der Waals surface area contributed by atoms with Gasteiger partial charge >= 0.3 is 0 Å². The van der Waals surface area contributed by atoms with Crippen molar-refractivity contribution in [3.05, 3.63) is 93.0 Å². The quantitative estimate of drug-likeness (QED) is 0.0395. The maximum absolute atomic E-state index is 6.93. The molecule has 84 heavy (non-hydrogen) atoms. The molecule has 9 rings (SSSR count). The molecule has 8 aromatic rings. The van der Waals surface area contributed by atoms with Gasteiger partial charge in [0, 0.05) is 74.4 Å². The van der Waals surface area contributed by atoms with Gasteiger partial charge in [0.25, 0.3) is 0 Å². The number of aromatic nitrogens is 12. The van der Waals surface area contributed by atoms with Crippen LogP contribution in [0.4, 0.5) is 47.6 Å². The lowest BCUT2D eigenvalue weighted by Crippen LogP contribution is -2.15. The highest BCUT2D eigenvalue weighted by Crippen LogP contribution is 2.44. The molecule has 4 heterocycles. The predicted octanol–water partition coefficient (Wildman–Crippen LogP) is 4.09. The molecule has 4 aromatic heterocycles. The molecule has 8 bridgehead atoms. The molecule has 0 amide bonds. The summed E-state index contributed by atoms with van der Waals surface area (Å²) in [5, 5.41) is 0. The summed E-state index contributed by atoms with van der Waals surface area (Å²) in [5.74, 6) is 2.10. The van der Waals surface area contributed by atoms with Crippen LogP contribution in [0.15, 0.2) is 48.5 Å². The zero-order valence-corrected chi connectivity index (χ0v) is 47.2. The van der Waals surface area contributed by atoms with Crippen molar-refractivity contribution in [1.29, 1.82) is 0 Å². The minimum Gasteiger partial charge on any atom is -0.491 e. The van der Waals surface area contributed by atoms with Crippen LogP contribution in [0.25, 0.3) is 45.6 Å². The molecule has 0 aliphatic heterocycles. The van der Waals surface area contributed by atoms with E-state index in [9.17, 15) is 0 Å². The Bertz CT molecular complexity index is 2990. The van der Waals surface area contributed by atoms with Crippen molar-refractivity contribution in [2.24, 2.45) is 0 Å². The number of nitrogen functional groups attached to an aromatic ring is 8. The summed E-state index contributed by atoms with van der Waals surface area (Å²) in [6.45, 7) is 11.1. The van der Waals surface area contributed by atoms with E-state index in [0.717, 1.165) is 0 Å². The van der Waals surface area contributed by atoms with Crippen molar-refractivity contribution >= 4 is 47.6 Å². The van der Waals surface area contributed by atoms with Gasteiger partial charge in [0.15, 0.2) is 23.3 Å². The van der Waals surface area contributed by atoms with E-state index in [1.165, 1.54) is 0 Å². The van der Waals surface area contributed by atoms with Crippen molar-refractivity contribution in [3.8, 4) is 68.5 Å². The molecule has 0 atom stereocenters. The van der Waals surface area contributed by atoms with Crippen molar-refractivity contribution in [2.75, 3.05) is 125 Å². The van der Waals surface area contributed by atoms with Crippen LogP contribution >= 0.6 is 0 Å². The second-order valence-corrected chi connectivity index (χ2v) is 18.9. The molecule has 0 saturated carbocycles. The maximum atomic E-state index is 6.93. The summed E-state index contributed by atoms with van der Waals surface area (Å²) in [6.07, 6.45) is 0.502. The number of anilines is 8. The van der Waals surface area contributed by atoms with E-state index in [2.05, 4.69) is 59.8 Å². The molecule has 28 nitrogen and oxygen atoms in total. The van der Waals surface area contributed by atoms with Gasteiger partial charge in [-0.25, -0.2) is 0 Å². The first-order chi connectivity index (χ1) is 40.7. The van der Waals surface area contributed by atoms with E-state index in [0.29, 0.717) is 116 Å². The van der Waals surface area contributed by atoms with Crippen LogP contribution < -0.4 is 64.8 Å². The Labute approximate surface area is 483 Å². The second-order valence-electron chi connectivity index (χ2n) is 18.9. The van der Waals surface area contributed by atoms with Crippen LogP contribution in [0.1, 0.15) is 72.2 Å². The molecule has 1 aliphatic rings. The predicted molar refractivity (Wildman–Crippen MR) is 316 cm³/mol. The van der Waals surface area contributed by atoms with Crippen LogP contribution in [0.2, 0.25) is 0 Å². The SMILES string of the molecule is CCOCCOc1c2cc(-c3nc(N)nc(N)n3)cc1Cc1cc(-c3nc(N)nc(N)n3)cc(c1OCCOCC)Cc1cc(-c3nc(N)nc(N)n3)cc(c1OCCOCC)Cc1cc(-c3nc(N)nc(N)n3)cc(c1OCCOCC)C2. The largest absolute Gasteiger partial charge is 0.491 e. The highest BCUT2D eigenvalue weighted by Gasteiger charge is 2.28. The monoisotopic (exact) mass is 1150 g/mol. The summed E-state index contributed by atoms with van der Waals surface area (Å²) in [7, 11) is 0. The Kier molecular flexibility index (Phi) is 19.3. The zero-order chi connectivity index (χ0) is 59.3. The smallest absolute Gasteiger partial charge is 0.225 e. The van der Waals surface area contributed by atoms with E-state index < -0.39 is 0 Å². The zero-order valence-electron chi connectivity index (χ0n) is 47.2. The van der Waals surface area contributed by atoms with Crippen LogP contribution in [0.5, 0.6) is 23.0 Å². The van der Waals surface area contributed by atoms with Gasteiger partial charge in [-0.3, -0.25) is 0 Å². The average molecular weight is 1150 g/mol. The molecule has 4 aromatic carbocycles. The third kappa shape index (κ3) is 14.7. The lowest BCUT2D eigenvalue weighted by molar-refractivity contribution is 0.108. The summed E-state index contributed by atoms with van der Waals surface area (Å²) in [4.78, 5) is 52.9. The Hall–Kier alpha value is -9.64. The molecule has 0 unspecified atom stereocenters. The molecule has 28 heteroatoms. The van der Waals surface area contributed by atoms with Gasteiger partial charge in [-0.05, 0) is 121 Å². The normalized spacial score (nSPS) is 12.0. The van der Waals surface area contributed by atoms with Gasteiger partial charge in [0.2, 0.25) is 47.6 Å². The Morgan fingerprint density at radius 2 is 0.429 bits per heavy atom. The maximum Gasteiger partial charge on any atom is 0.225 e. The van der Waals surface area contributed by atoms with Crippen molar-refractivity contribution in [1.82, 2.24) is 59.8 Å². The first-order valence-corrected chi connectivity index (χ1v) is 27.2. The van der Waals surface area contributed by atoms with Crippen LogP contribution in [-0.4, -0.2) is 139 Å². The summed E-state index contributed by atoms with van der Waals surface area (Å²) >= 11 is 0. The van der Waals surface area contributed by atoms with Crippen LogP contribution in [0.3, 0.4) is 0 Å². The minimum absolute atomic E-state index is 0.0846. The number of fused-ring (bicyclic) bond motifs is 8. The fraction of sp³-hybridized carbons (Fsp3) is 0.357. The number of ether oxygens (including phenoxy) is 8. The molecule has 440 valence electrons. The molecule has 0 spiro atoms. The fourth-order valence-corrected chi connectivity index (χ4v) is 9.69. The minimum atomic E-state index is -0.0846. The highest BCUT2D eigenvalue weighted by molar-refractivity contribution is 5.72. The van der Waals surface area contributed by atoms with E-state index in [4.69, 9.17) is 83.8 Å². The number of nitrogens with zero attached hydrogens (tertiary/aromatic N) is 12. The third-order valence-corrected chi connectivity index (χ3v) is 12.9. The molecule has 0 radical (unpaired) electrons. The lowest BCUT2D eigenvalue weighted by Gasteiger charge is -2.25. The topological polar surface area (TPSA) is 437 Å². The molecule has 1 aliphatic carbocycles. The average Bonchev–Trinajstić information content (AvgIpc) is 1.39. The highest BCUT2D eigenvalue weighted by atomic mass is 16.5. The number of nitrogens with two attached hydrogens (primary N) is 8. The van der Waals surface area contributed by atoms with E-state index >= 15 is 0 Å². The molecular weight excluding hydrogens is 1080 g/mol. The molecular formula is C56H68N20O8. The Morgan fingerprint density at radius 3 is 0.583 bits per heavy atom. The number of hydrogen-bond acceptors (Lipinski definition) is 28. The summed E-state index contributed by atoms with van der Waals surface area (Å²) < 4.78 is 51.2. The molecule has 0 fully saturated rings. The lowest BCUT2D eigenvalue weighted by atomic mass is 9.88. The molecule has 0 saturated heterocycles. The van der Waals surface area contributed by atoms with E-state index in [1.54, 1.807) is 0 Å².